The van der Waals surface area contributed by atoms with Crippen LogP contribution in [0, 0.1) is 18.8 Å². The summed E-state index contributed by atoms with van der Waals surface area (Å²) in [6, 6.07) is 0. The molecular formula is C23H34N6O3. The van der Waals surface area contributed by atoms with Gasteiger partial charge in [0.25, 0.3) is 5.91 Å². The summed E-state index contributed by atoms with van der Waals surface area (Å²) in [6.45, 7) is 9.76. The average Bonchev–Trinajstić information content (AvgIpc) is 3.04. The molecule has 9 nitrogen and oxygen atoms in total. The number of aromatic nitrogens is 4. The summed E-state index contributed by atoms with van der Waals surface area (Å²) >= 11 is 0. The SMILES string of the molecule is Cc1cnn(C)c1-c1ncc(NC(=O)C(OC(=O)NC(C)(C)C)C2CCC(C)CC2)cn1. The molecule has 3 rings (SSSR count). The van der Waals surface area contributed by atoms with Crippen LogP contribution in [0.2, 0.25) is 0 Å². The topological polar surface area (TPSA) is 111 Å². The van der Waals surface area contributed by atoms with E-state index in [-0.39, 0.29) is 11.8 Å². The second-order valence-corrected chi connectivity index (χ2v) is 9.81. The second kappa shape index (κ2) is 9.67. The predicted octanol–water partition coefficient (Wildman–Crippen LogP) is 3.84. The third kappa shape index (κ3) is 6.05. The molecule has 9 heteroatoms. The van der Waals surface area contributed by atoms with E-state index < -0.39 is 17.7 Å². The fourth-order valence-corrected chi connectivity index (χ4v) is 4.00. The van der Waals surface area contributed by atoms with E-state index in [1.807, 2.05) is 34.7 Å². The van der Waals surface area contributed by atoms with E-state index in [1.165, 1.54) is 0 Å². The molecule has 2 amide bonds. The van der Waals surface area contributed by atoms with Crippen LogP contribution in [0.4, 0.5) is 10.5 Å². The van der Waals surface area contributed by atoms with Gasteiger partial charge in [0.1, 0.15) is 5.69 Å². The number of carbonyl (C=O) groups is 2. The zero-order valence-corrected chi connectivity index (χ0v) is 19.8. The molecule has 2 N–H and O–H groups in total. The van der Waals surface area contributed by atoms with Crippen molar-refractivity contribution in [3.8, 4) is 11.5 Å². The van der Waals surface area contributed by atoms with Crippen molar-refractivity contribution in [1.29, 1.82) is 0 Å². The Balaban J connectivity index is 1.73. The Morgan fingerprint density at radius 3 is 2.28 bits per heavy atom. The van der Waals surface area contributed by atoms with Crippen molar-refractivity contribution < 1.29 is 14.3 Å². The van der Waals surface area contributed by atoms with E-state index in [0.29, 0.717) is 17.4 Å². The highest BCUT2D eigenvalue weighted by molar-refractivity contribution is 5.95. The minimum absolute atomic E-state index is 0.0193. The first-order valence-corrected chi connectivity index (χ1v) is 11.1. The zero-order valence-electron chi connectivity index (χ0n) is 19.8. The lowest BCUT2D eigenvalue weighted by molar-refractivity contribution is -0.128. The maximum absolute atomic E-state index is 13.1. The van der Waals surface area contributed by atoms with Crippen molar-refractivity contribution in [2.45, 2.75) is 71.9 Å². The Labute approximate surface area is 189 Å². The summed E-state index contributed by atoms with van der Waals surface area (Å²) in [5.74, 6) is 0.768. The number of aryl methyl sites for hydroxylation is 2. The molecule has 1 aliphatic rings. The van der Waals surface area contributed by atoms with Gasteiger partial charge in [0.15, 0.2) is 11.9 Å². The van der Waals surface area contributed by atoms with Crippen molar-refractivity contribution >= 4 is 17.7 Å². The van der Waals surface area contributed by atoms with Crippen molar-refractivity contribution in [2.75, 3.05) is 5.32 Å². The molecule has 2 heterocycles. The van der Waals surface area contributed by atoms with Crippen molar-refractivity contribution in [3.05, 3.63) is 24.2 Å². The number of alkyl carbamates (subject to hydrolysis) is 1. The van der Waals surface area contributed by atoms with Crippen molar-refractivity contribution in [1.82, 2.24) is 25.1 Å². The fourth-order valence-electron chi connectivity index (χ4n) is 4.00. The lowest BCUT2D eigenvalue weighted by Crippen LogP contribution is -2.46. The highest BCUT2D eigenvalue weighted by atomic mass is 16.6. The van der Waals surface area contributed by atoms with Gasteiger partial charge >= 0.3 is 6.09 Å². The van der Waals surface area contributed by atoms with E-state index >= 15 is 0 Å². The molecular weight excluding hydrogens is 408 g/mol. The minimum Gasteiger partial charge on any atom is -0.436 e. The summed E-state index contributed by atoms with van der Waals surface area (Å²) in [5, 5.41) is 9.81. The van der Waals surface area contributed by atoms with Crippen LogP contribution in [-0.4, -0.2) is 43.4 Å². The van der Waals surface area contributed by atoms with E-state index in [1.54, 1.807) is 23.3 Å². The maximum Gasteiger partial charge on any atom is 0.408 e. The Hall–Kier alpha value is -2.97. The Kier molecular flexibility index (Phi) is 7.16. The van der Waals surface area contributed by atoms with Gasteiger partial charge in [-0.25, -0.2) is 14.8 Å². The number of ether oxygens (including phenoxy) is 1. The first-order valence-electron chi connectivity index (χ1n) is 11.1. The molecule has 1 fully saturated rings. The molecule has 0 spiro atoms. The summed E-state index contributed by atoms with van der Waals surface area (Å²) in [4.78, 5) is 34.3. The van der Waals surface area contributed by atoms with E-state index in [2.05, 4.69) is 32.6 Å². The third-order valence-electron chi connectivity index (χ3n) is 5.71. The van der Waals surface area contributed by atoms with Gasteiger partial charge in [-0.3, -0.25) is 9.48 Å². The Bertz CT molecular complexity index is 920. The summed E-state index contributed by atoms with van der Waals surface area (Å²) in [6.07, 6.45) is 7.13. The molecule has 2 aromatic heterocycles. The first kappa shape index (κ1) is 23.7. The molecule has 0 bridgehead atoms. The molecule has 2 aromatic rings. The van der Waals surface area contributed by atoms with Crippen LogP contribution < -0.4 is 10.6 Å². The molecule has 0 aromatic carbocycles. The van der Waals surface area contributed by atoms with Gasteiger partial charge in [-0.1, -0.05) is 19.8 Å². The summed E-state index contributed by atoms with van der Waals surface area (Å²) in [7, 11) is 1.83. The van der Waals surface area contributed by atoms with E-state index in [4.69, 9.17) is 4.74 Å². The maximum atomic E-state index is 13.1. The molecule has 0 aliphatic heterocycles. The lowest BCUT2D eigenvalue weighted by atomic mass is 9.80. The molecule has 1 aliphatic carbocycles. The molecule has 0 radical (unpaired) electrons. The molecule has 1 unspecified atom stereocenters. The second-order valence-electron chi connectivity index (χ2n) is 9.81. The number of carbonyl (C=O) groups excluding carboxylic acids is 2. The van der Waals surface area contributed by atoms with Crippen LogP contribution in [-0.2, 0) is 16.6 Å². The number of hydrogen-bond acceptors (Lipinski definition) is 6. The molecule has 174 valence electrons. The highest BCUT2D eigenvalue weighted by Crippen LogP contribution is 2.32. The van der Waals surface area contributed by atoms with Crippen LogP contribution in [0.1, 0.15) is 58.9 Å². The Morgan fingerprint density at radius 1 is 1.12 bits per heavy atom. The quantitative estimate of drug-likeness (QED) is 0.728. The van der Waals surface area contributed by atoms with E-state index in [9.17, 15) is 9.59 Å². The highest BCUT2D eigenvalue weighted by Gasteiger charge is 2.35. The van der Waals surface area contributed by atoms with Gasteiger partial charge in [-0.15, -0.1) is 0 Å². The predicted molar refractivity (Wildman–Crippen MR) is 122 cm³/mol. The summed E-state index contributed by atoms with van der Waals surface area (Å²) in [5.41, 5.74) is 1.79. The van der Waals surface area contributed by atoms with Crippen LogP contribution in [0.3, 0.4) is 0 Å². The fraction of sp³-hybridized carbons (Fsp3) is 0.609. The van der Waals surface area contributed by atoms with E-state index in [0.717, 1.165) is 36.9 Å². The lowest BCUT2D eigenvalue weighted by Gasteiger charge is -2.32. The van der Waals surface area contributed by atoms with Gasteiger partial charge in [0.2, 0.25) is 0 Å². The number of nitrogens with zero attached hydrogens (tertiary/aromatic N) is 4. The largest absolute Gasteiger partial charge is 0.436 e. The molecule has 1 saturated carbocycles. The van der Waals surface area contributed by atoms with Crippen LogP contribution in [0.25, 0.3) is 11.5 Å². The smallest absolute Gasteiger partial charge is 0.408 e. The number of anilines is 1. The molecule has 0 saturated heterocycles. The minimum atomic E-state index is -0.871. The standard InChI is InChI=1S/C23H34N6O3/c1-14-7-9-16(10-8-14)19(32-22(31)28-23(3,4)5)21(30)27-17-12-24-20(25-13-17)18-15(2)11-26-29(18)6/h11-14,16,19H,7-10H2,1-6H3,(H,27,30)(H,28,31). The Morgan fingerprint density at radius 2 is 1.75 bits per heavy atom. The number of rotatable bonds is 5. The number of hydrogen-bond donors (Lipinski definition) is 2. The van der Waals surface area contributed by atoms with Crippen LogP contribution in [0.5, 0.6) is 0 Å². The summed E-state index contributed by atoms with van der Waals surface area (Å²) < 4.78 is 7.35. The molecule has 32 heavy (non-hydrogen) atoms. The first-order chi connectivity index (χ1) is 15.0. The van der Waals surface area contributed by atoms with Gasteiger partial charge in [0.05, 0.1) is 24.3 Å². The monoisotopic (exact) mass is 442 g/mol. The zero-order chi connectivity index (χ0) is 23.5. The van der Waals surface area contributed by atoms with Gasteiger partial charge in [0, 0.05) is 18.5 Å². The van der Waals surface area contributed by atoms with Gasteiger partial charge in [-0.05, 0) is 52.0 Å². The van der Waals surface area contributed by atoms with Crippen molar-refractivity contribution in [2.24, 2.45) is 18.9 Å². The van der Waals surface area contributed by atoms with Gasteiger partial charge in [-0.2, -0.15) is 5.10 Å². The van der Waals surface area contributed by atoms with Crippen LogP contribution >= 0.6 is 0 Å². The van der Waals surface area contributed by atoms with Crippen LogP contribution in [0.15, 0.2) is 18.6 Å². The molecule has 1 atom stereocenters. The third-order valence-corrected chi connectivity index (χ3v) is 5.71. The van der Waals surface area contributed by atoms with Crippen molar-refractivity contribution in [3.63, 3.8) is 0 Å². The average molecular weight is 443 g/mol. The number of amides is 2. The number of nitrogens with one attached hydrogen (secondary N) is 2. The van der Waals surface area contributed by atoms with Gasteiger partial charge < -0.3 is 15.4 Å². The normalized spacial score (nSPS) is 19.8.